The number of hydrogen-bond acceptors (Lipinski definition) is 8. The third kappa shape index (κ3) is 10.3. The molecule has 0 spiro atoms. The number of aryl methyl sites for hydroxylation is 2. The zero-order chi connectivity index (χ0) is 29.8. The molecule has 0 aliphatic carbocycles. The van der Waals surface area contributed by atoms with Gasteiger partial charge in [-0.25, -0.2) is 9.97 Å². The number of nitrogens with one attached hydrogen (secondary N) is 4. The third-order valence-corrected chi connectivity index (χ3v) is 7.12. The Morgan fingerprint density at radius 1 is 0.951 bits per heavy atom. The summed E-state index contributed by atoms with van der Waals surface area (Å²) in [5, 5.41) is 27.1. The molecule has 10 nitrogen and oxygen atoms in total. The molecule has 41 heavy (non-hydrogen) atoms. The molecular formula is C30H41ClN8O2. The second-order valence-electron chi connectivity index (χ2n) is 10.3. The molecule has 0 saturated heterocycles. The van der Waals surface area contributed by atoms with Gasteiger partial charge in [0.2, 0.25) is 0 Å². The lowest BCUT2D eigenvalue weighted by atomic mass is 10.0. The maximum absolute atomic E-state index is 12.3. The highest BCUT2D eigenvalue weighted by atomic mass is 35.5. The highest BCUT2D eigenvalue weighted by molar-refractivity contribution is 6.31. The first-order chi connectivity index (χ1) is 19.6. The molecule has 3 rings (SSSR count). The first kappa shape index (κ1) is 31.8. The highest BCUT2D eigenvalue weighted by Crippen LogP contribution is 2.18. The predicted molar refractivity (Wildman–Crippen MR) is 165 cm³/mol. The fourth-order valence-electron chi connectivity index (χ4n) is 4.54. The zero-order valence-electron chi connectivity index (χ0n) is 23.7. The van der Waals surface area contributed by atoms with Gasteiger partial charge in [-0.3, -0.25) is 15.5 Å². The number of nitrogens with zero attached hydrogens (tertiary/aromatic N) is 2. The molecule has 1 amide bonds. The van der Waals surface area contributed by atoms with Gasteiger partial charge in [-0.05, 0) is 69.1 Å². The molecule has 0 aliphatic heterocycles. The van der Waals surface area contributed by atoms with Crippen molar-refractivity contribution < 1.29 is 9.90 Å². The fraction of sp³-hybridized carbons (Fsp3) is 0.400. The number of nitrogens with two attached hydrogens (primary N) is 2. The molecule has 0 bridgehead atoms. The maximum atomic E-state index is 12.3. The summed E-state index contributed by atoms with van der Waals surface area (Å²) in [5.41, 5.74) is 14.5. The second kappa shape index (κ2) is 15.9. The minimum absolute atomic E-state index is 0.0188. The van der Waals surface area contributed by atoms with E-state index < -0.39 is 12.0 Å². The van der Waals surface area contributed by atoms with Crippen molar-refractivity contribution in [3.8, 4) is 0 Å². The molecule has 11 heteroatoms. The number of aliphatic hydroxyl groups excluding tert-OH is 1. The first-order valence-corrected chi connectivity index (χ1v) is 14.3. The summed E-state index contributed by atoms with van der Waals surface area (Å²) in [6.45, 7) is 4.73. The van der Waals surface area contributed by atoms with E-state index in [1.165, 1.54) is 11.1 Å². The van der Waals surface area contributed by atoms with Crippen LogP contribution in [0.1, 0.15) is 72.8 Å². The number of aromatic nitrogens is 2. The van der Waals surface area contributed by atoms with Crippen LogP contribution in [0, 0.1) is 5.41 Å². The van der Waals surface area contributed by atoms with Gasteiger partial charge in [0.05, 0.1) is 6.10 Å². The number of carbonyl (C=O) groups excluding carboxylic acids is 1. The molecule has 3 atom stereocenters. The van der Waals surface area contributed by atoms with Gasteiger partial charge in [0.25, 0.3) is 5.91 Å². The van der Waals surface area contributed by atoms with Crippen LogP contribution in [-0.4, -0.2) is 45.6 Å². The largest absolute Gasteiger partial charge is 0.387 e. The van der Waals surface area contributed by atoms with Crippen LogP contribution in [0.5, 0.6) is 0 Å². The van der Waals surface area contributed by atoms with Gasteiger partial charge in [0.1, 0.15) is 0 Å². The van der Waals surface area contributed by atoms with Gasteiger partial charge in [-0.15, -0.1) is 0 Å². The molecule has 0 saturated carbocycles. The lowest BCUT2D eigenvalue weighted by molar-refractivity contribution is 0.0971. The minimum Gasteiger partial charge on any atom is -0.387 e. The maximum Gasteiger partial charge on any atom is 0.280 e. The number of anilines is 2. The van der Waals surface area contributed by atoms with Crippen molar-refractivity contribution in [3.63, 3.8) is 0 Å². The zero-order valence-corrected chi connectivity index (χ0v) is 24.4. The van der Waals surface area contributed by atoms with Gasteiger partial charge in [0.15, 0.2) is 28.4 Å². The smallest absolute Gasteiger partial charge is 0.280 e. The van der Waals surface area contributed by atoms with E-state index >= 15 is 0 Å². The Morgan fingerprint density at radius 2 is 1.59 bits per heavy atom. The van der Waals surface area contributed by atoms with E-state index in [0.717, 1.165) is 44.1 Å². The average Bonchev–Trinajstić information content (AvgIpc) is 2.95. The van der Waals surface area contributed by atoms with Crippen molar-refractivity contribution in [1.29, 1.82) is 5.41 Å². The van der Waals surface area contributed by atoms with Crippen molar-refractivity contribution in [2.75, 3.05) is 18.0 Å². The van der Waals surface area contributed by atoms with Crippen molar-refractivity contribution in [3.05, 3.63) is 82.1 Å². The summed E-state index contributed by atoms with van der Waals surface area (Å²) in [6.07, 6.45) is 5.30. The van der Waals surface area contributed by atoms with Crippen molar-refractivity contribution >= 4 is 35.1 Å². The second-order valence-corrected chi connectivity index (χ2v) is 10.6. The topological polar surface area (TPSA) is 175 Å². The van der Waals surface area contributed by atoms with Crippen LogP contribution in [0.3, 0.4) is 0 Å². The highest BCUT2D eigenvalue weighted by Gasteiger charge is 2.18. The number of rotatable bonds is 14. The number of carbonyl (C=O) groups is 1. The number of unbranched alkanes of at least 4 members (excludes halogenated alkanes) is 1. The van der Waals surface area contributed by atoms with E-state index in [0.29, 0.717) is 12.6 Å². The Labute approximate surface area is 246 Å². The summed E-state index contributed by atoms with van der Waals surface area (Å²) in [4.78, 5) is 19.9. The number of aliphatic hydroxyl groups is 1. The molecule has 0 fully saturated rings. The van der Waals surface area contributed by atoms with E-state index in [1.807, 2.05) is 37.3 Å². The fourth-order valence-corrected chi connectivity index (χ4v) is 4.67. The Kier molecular flexibility index (Phi) is 12.3. The Hall–Kier alpha value is -3.73. The molecule has 9 N–H and O–H groups in total. The number of amides is 1. The number of benzene rings is 2. The predicted octanol–water partition coefficient (Wildman–Crippen LogP) is 3.99. The summed E-state index contributed by atoms with van der Waals surface area (Å²) < 4.78 is 0. The lowest BCUT2D eigenvalue weighted by Gasteiger charge is -2.24. The van der Waals surface area contributed by atoms with Crippen LogP contribution in [-0.2, 0) is 12.8 Å². The molecule has 0 radical (unpaired) electrons. The quantitative estimate of drug-likeness (QED) is 0.0850. The summed E-state index contributed by atoms with van der Waals surface area (Å²) >= 11 is 5.80. The molecular weight excluding hydrogens is 540 g/mol. The van der Waals surface area contributed by atoms with Crippen LogP contribution in [0.25, 0.3) is 0 Å². The molecule has 0 unspecified atom stereocenters. The van der Waals surface area contributed by atoms with Crippen LogP contribution in [0.4, 0.5) is 11.6 Å². The lowest BCUT2D eigenvalue weighted by Crippen LogP contribution is -2.41. The molecule has 3 aromatic rings. The van der Waals surface area contributed by atoms with E-state index in [2.05, 4.69) is 57.1 Å². The Balaban J connectivity index is 1.28. The molecule has 1 heterocycles. The monoisotopic (exact) mass is 580 g/mol. The van der Waals surface area contributed by atoms with Crippen molar-refractivity contribution in [2.45, 2.75) is 70.6 Å². The summed E-state index contributed by atoms with van der Waals surface area (Å²) in [7, 11) is 0. The summed E-state index contributed by atoms with van der Waals surface area (Å²) in [6, 6.07) is 18.8. The normalized spacial score (nSPS) is 13.3. The van der Waals surface area contributed by atoms with E-state index in [1.54, 1.807) is 0 Å². The van der Waals surface area contributed by atoms with Crippen LogP contribution >= 0.6 is 11.6 Å². The standard InChI is InChI=1S/C30H41ClN8O2/c1-19(36-20(2)25(40)23-12-4-3-5-13-23)9-8-11-22-16-14-21(15-17-22)10-6-7-18-35-30(34)39-29(41)24-27(32)38-28(33)26(31)37-24/h3-5,12-17,19-20,25,36,40H,6-11,18H2,1-2H3,(H4,32,33,38)(H3,34,35,39,41)/t19-,20+,25-/m1/s1. The van der Waals surface area contributed by atoms with Crippen LogP contribution < -0.4 is 27.4 Å². The molecule has 0 aliphatic rings. The average molecular weight is 581 g/mol. The molecule has 1 aromatic heterocycles. The van der Waals surface area contributed by atoms with Gasteiger partial charge >= 0.3 is 0 Å². The van der Waals surface area contributed by atoms with E-state index in [-0.39, 0.29) is 34.5 Å². The first-order valence-electron chi connectivity index (χ1n) is 13.9. The number of halogens is 1. The van der Waals surface area contributed by atoms with E-state index in [4.69, 9.17) is 28.5 Å². The summed E-state index contributed by atoms with van der Waals surface area (Å²) in [5.74, 6) is -1.05. The SMILES string of the molecule is C[C@H](CCCc1ccc(CCCCNC(=N)NC(=O)c2nc(Cl)c(N)nc2N)cc1)N[C@@H](C)[C@@H](O)c1ccccc1. The van der Waals surface area contributed by atoms with Crippen LogP contribution in [0.2, 0.25) is 5.15 Å². The van der Waals surface area contributed by atoms with Gasteiger partial charge < -0.3 is 27.2 Å². The minimum atomic E-state index is -0.684. The van der Waals surface area contributed by atoms with Gasteiger partial charge in [-0.2, -0.15) is 0 Å². The van der Waals surface area contributed by atoms with Gasteiger partial charge in [0, 0.05) is 18.6 Å². The van der Waals surface area contributed by atoms with Crippen molar-refractivity contribution in [2.24, 2.45) is 0 Å². The molecule has 2 aromatic carbocycles. The van der Waals surface area contributed by atoms with E-state index in [9.17, 15) is 9.90 Å². The molecule has 220 valence electrons. The van der Waals surface area contributed by atoms with Crippen molar-refractivity contribution in [1.82, 2.24) is 25.9 Å². The third-order valence-electron chi connectivity index (χ3n) is 6.84. The van der Waals surface area contributed by atoms with Crippen LogP contribution in [0.15, 0.2) is 54.6 Å². The Bertz CT molecular complexity index is 1270. The Morgan fingerprint density at radius 3 is 2.24 bits per heavy atom. The number of nitrogen functional groups attached to an aromatic ring is 2. The number of guanidine groups is 1. The number of hydrogen-bond donors (Lipinski definition) is 7. The van der Waals surface area contributed by atoms with Gasteiger partial charge in [-0.1, -0.05) is 66.2 Å².